The number of hydrogen-bond donors (Lipinski definition) is 0. The monoisotopic (exact) mass is 813 g/mol. The summed E-state index contributed by atoms with van der Waals surface area (Å²) in [5.41, 5.74) is 21.6. The van der Waals surface area contributed by atoms with E-state index in [4.69, 9.17) is 0 Å². The molecule has 0 aliphatic carbocycles. The minimum Gasteiger partial charge on any atom is -0.311 e. The molecule has 0 bridgehead atoms. The number of fused-ring (bicyclic) bond motifs is 8. The van der Waals surface area contributed by atoms with Crippen molar-refractivity contribution in [1.29, 1.82) is 0 Å². The molecular weight excluding hydrogens is 773 g/mol. The second-order valence-electron chi connectivity index (χ2n) is 16.9. The number of benzene rings is 10. The van der Waals surface area contributed by atoms with Crippen LogP contribution in [0.3, 0.4) is 0 Å². The van der Waals surface area contributed by atoms with Crippen molar-refractivity contribution < 1.29 is 0 Å². The molecule has 0 saturated heterocycles. The minimum atomic E-state index is -0.0299. The zero-order valence-corrected chi connectivity index (χ0v) is 35.0. The number of aromatic nitrogens is 1. The minimum absolute atomic E-state index is 0.0299. The Balaban J connectivity index is 1.12. The van der Waals surface area contributed by atoms with Gasteiger partial charge in [0, 0.05) is 44.9 Å². The highest BCUT2D eigenvalue weighted by atomic mass is 15.2. The summed E-state index contributed by atoms with van der Waals surface area (Å²) < 4.78 is 2.44. The predicted molar refractivity (Wildman–Crippen MR) is 271 cm³/mol. The van der Waals surface area contributed by atoms with Gasteiger partial charge in [-0.15, -0.1) is 0 Å². The zero-order valence-electron chi connectivity index (χ0n) is 35.0. The van der Waals surface area contributed by atoms with Gasteiger partial charge in [0.15, 0.2) is 0 Å². The Morgan fingerprint density at radius 2 is 0.812 bits per heavy atom. The molecule has 1 aromatic heterocycles. The Labute approximate surface area is 373 Å². The van der Waals surface area contributed by atoms with E-state index in [1.54, 1.807) is 0 Å². The third kappa shape index (κ3) is 5.63. The zero-order chi connectivity index (χ0) is 42.1. The molecule has 2 aliphatic heterocycles. The van der Waals surface area contributed by atoms with E-state index in [-0.39, 0.29) is 6.71 Å². The van der Waals surface area contributed by atoms with E-state index in [1.165, 1.54) is 94.3 Å². The van der Waals surface area contributed by atoms with Gasteiger partial charge in [0.2, 0.25) is 0 Å². The molecule has 64 heavy (non-hydrogen) atoms. The van der Waals surface area contributed by atoms with Gasteiger partial charge in [-0.05, 0) is 116 Å². The Bertz CT molecular complexity index is 3550. The average molecular weight is 814 g/mol. The van der Waals surface area contributed by atoms with E-state index in [0.29, 0.717) is 0 Å². The lowest BCUT2D eigenvalue weighted by Gasteiger charge is -2.44. The molecule has 11 aromatic rings. The van der Waals surface area contributed by atoms with Crippen LogP contribution >= 0.6 is 0 Å². The van der Waals surface area contributed by atoms with Gasteiger partial charge in [-0.25, -0.2) is 0 Å². The Morgan fingerprint density at radius 1 is 0.297 bits per heavy atom. The maximum atomic E-state index is 2.57. The molecule has 3 nitrogen and oxygen atoms in total. The van der Waals surface area contributed by atoms with E-state index in [0.717, 1.165) is 17.1 Å². The fourth-order valence-electron chi connectivity index (χ4n) is 10.6. The van der Waals surface area contributed by atoms with Crippen LogP contribution in [0.25, 0.3) is 60.9 Å². The van der Waals surface area contributed by atoms with Crippen LogP contribution in [0.2, 0.25) is 0 Å². The maximum Gasteiger partial charge on any atom is 0.252 e. The highest BCUT2D eigenvalue weighted by molar-refractivity contribution is 7.00. The molecule has 0 N–H and O–H groups in total. The number of hydrogen-bond acceptors (Lipinski definition) is 2. The van der Waals surface area contributed by atoms with Crippen LogP contribution in [0, 0.1) is 0 Å². The average Bonchev–Trinajstić information content (AvgIpc) is 3.72. The smallest absolute Gasteiger partial charge is 0.252 e. The maximum absolute atomic E-state index is 2.57. The van der Waals surface area contributed by atoms with Gasteiger partial charge < -0.3 is 14.4 Å². The van der Waals surface area contributed by atoms with Crippen LogP contribution in [-0.2, 0) is 0 Å². The summed E-state index contributed by atoms with van der Waals surface area (Å²) >= 11 is 0. The predicted octanol–water partition coefficient (Wildman–Crippen LogP) is 13.9. The molecule has 0 fully saturated rings. The summed E-state index contributed by atoms with van der Waals surface area (Å²) in [6, 6.07) is 89.0. The standard InChI is InChI=1S/C60H40BN3/c1-5-17-41(18-6-1)44-31-34-48(35-32-44)63-55-29-16-30-56-59(55)61(51-36-33-46(40-57(51)63)43-21-9-3-10-22-43)52-37-38-54-58(50-27-13-14-28-53(50)62(54)47-24-11-4-12-25-47)60(52)64(56)49-26-15-23-45(39-49)42-19-7-2-8-20-42/h1-40H. The first-order valence-corrected chi connectivity index (χ1v) is 22.1. The van der Waals surface area contributed by atoms with Crippen molar-refractivity contribution >= 4 is 79.0 Å². The van der Waals surface area contributed by atoms with Crippen LogP contribution in [0.4, 0.5) is 34.1 Å². The number of anilines is 6. The van der Waals surface area contributed by atoms with Crippen molar-refractivity contribution in [3.05, 3.63) is 243 Å². The van der Waals surface area contributed by atoms with Crippen molar-refractivity contribution in [3.8, 4) is 39.1 Å². The Kier molecular flexibility index (Phi) is 8.32. The summed E-state index contributed by atoms with van der Waals surface area (Å²) in [5, 5.41) is 2.48. The third-order valence-electron chi connectivity index (χ3n) is 13.4. The van der Waals surface area contributed by atoms with Crippen molar-refractivity contribution in [2.24, 2.45) is 0 Å². The van der Waals surface area contributed by atoms with Gasteiger partial charge in [-0.2, -0.15) is 0 Å². The summed E-state index contributed by atoms with van der Waals surface area (Å²) in [5.74, 6) is 0. The van der Waals surface area contributed by atoms with Crippen molar-refractivity contribution in [1.82, 2.24) is 4.57 Å². The second kappa shape index (κ2) is 14.6. The molecule has 4 heteroatoms. The molecule has 0 unspecified atom stereocenters. The first-order chi connectivity index (χ1) is 31.8. The molecule has 0 spiro atoms. The lowest BCUT2D eigenvalue weighted by Crippen LogP contribution is -2.61. The highest BCUT2D eigenvalue weighted by Crippen LogP contribution is 2.49. The molecule has 0 amide bonds. The van der Waals surface area contributed by atoms with Gasteiger partial charge in [-0.3, -0.25) is 0 Å². The van der Waals surface area contributed by atoms with Crippen LogP contribution in [-0.4, -0.2) is 11.3 Å². The van der Waals surface area contributed by atoms with Crippen LogP contribution in [0.1, 0.15) is 0 Å². The SMILES string of the molecule is c1ccc(-c2ccc(N3c4cc(-c5ccccc5)ccc4B4c5ccc6c(c5N(c5cccc(-c7ccccc7)c5)c5cccc3c54)c3ccccc3n6-c3ccccc3)cc2)cc1. The van der Waals surface area contributed by atoms with Gasteiger partial charge in [0.25, 0.3) is 6.71 Å². The summed E-state index contributed by atoms with van der Waals surface area (Å²) in [6.07, 6.45) is 0. The van der Waals surface area contributed by atoms with Crippen LogP contribution < -0.4 is 26.2 Å². The normalized spacial score (nSPS) is 12.6. The number of para-hydroxylation sites is 2. The topological polar surface area (TPSA) is 11.4 Å². The van der Waals surface area contributed by atoms with Gasteiger partial charge in [-0.1, -0.05) is 176 Å². The molecule has 3 heterocycles. The van der Waals surface area contributed by atoms with Gasteiger partial charge in [0.05, 0.1) is 16.7 Å². The van der Waals surface area contributed by atoms with E-state index in [2.05, 4.69) is 257 Å². The fraction of sp³-hybridized carbons (Fsp3) is 0. The van der Waals surface area contributed by atoms with E-state index in [1.807, 2.05) is 0 Å². The summed E-state index contributed by atoms with van der Waals surface area (Å²) in [4.78, 5) is 5.08. The molecule has 10 aromatic carbocycles. The Hall–Kier alpha value is -8.34. The molecular formula is C60H40BN3. The second-order valence-corrected chi connectivity index (χ2v) is 16.9. The van der Waals surface area contributed by atoms with E-state index >= 15 is 0 Å². The van der Waals surface area contributed by atoms with E-state index < -0.39 is 0 Å². The molecule has 2 aliphatic rings. The molecule has 298 valence electrons. The summed E-state index contributed by atoms with van der Waals surface area (Å²) in [6.45, 7) is -0.0299. The summed E-state index contributed by atoms with van der Waals surface area (Å²) in [7, 11) is 0. The van der Waals surface area contributed by atoms with Crippen LogP contribution in [0.15, 0.2) is 243 Å². The van der Waals surface area contributed by atoms with Crippen LogP contribution in [0.5, 0.6) is 0 Å². The Morgan fingerprint density at radius 3 is 1.52 bits per heavy atom. The quantitative estimate of drug-likeness (QED) is 0.155. The van der Waals surface area contributed by atoms with E-state index in [9.17, 15) is 0 Å². The highest BCUT2D eigenvalue weighted by Gasteiger charge is 2.44. The molecule has 0 atom stereocenters. The van der Waals surface area contributed by atoms with Crippen molar-refractivity contribution in [2.45, 2.75) is 0 Å². The number of rotatable bonds is 6. The van der Waals surface area contributed by atoms with Crippen molar-refractivity contribution in [3.63, 3.8) is 0 Å². The third-order valence-corrected chi connectivity index (χ3v) is 13.4. The largest absolute Gasteiger partial charge is 0.311 e. The molecule has 13 rings (SSSR count). The lowest BCUT2D eigenvalue weighted by molar-refractivity contribution is 1.18. The first kappa shape index (κ1) is 36.3. The molecule has 0 radical (unpaired) electrons. The fourth-order valence-corrected chi connectivity index (χ4v) is 10.6. The van der Waals surface area contributed by atoms with Crippen molar-refractivity contribution in [2.75, 3.05) is 9.80 Å². The van der Waals surface area contributed by atoms with Gasteiger partial charge in [0.1, 0.15) is 0 Å². The first-order valence-electron chi connectivity index (χ1n) is 22.1. The molecule has 0 saturated carbocycles. The van der Waals surface area contributed by atoms with Gasteiger partial charge >= 0.3 is 0 Å². The number of nitrogens with zero attached hydrogens (tertiary/aromatic N) is 3. The lowest BCUT2D eigenvalue weighted by atomic mass is 9.33.